The molecule has 0 spiro atoms. The van der Waals surface area contributed by atoms with Crippen LogP contribution in [-0.2, 0) is 10.8 Å². The van der Waals surface area contributed by atoms with Crippen molar-refractivity contribution in [3.63, 3.8) is 0 Å². The van der Waals surface area contributed by atoms with Crippen LogP contribution < -0.4 is 5.69 Å². The van der Waals surface area contributed by atoms with E-state index in [0.29, 0.717) is 0 Å². The maximum absolute atomic E-state index is 11.4. The highest BCUT2D eigenvalue weighted by Crippen LogP contribution is 2.24. The van der Waals surface area contributed by atoms with Crippen LogP contribution in [-0.4, -0.2) is 9.97 Å². The van der Waals surface area contributed by atoms with Crippen molar-refractivity contribution in [1.29, 1.82) is 0 Å². The Kier molecular flexibility index (Phi) is 2.77. The molecule has 0 aromatic carbocycles. The van der Waals surface area contributed by atoms with Gasteiger partial charge in [-0.3, -0.25) is 0 Å². The summed E-state index contributed by atoms with van der Waals surface area (Å²) in [5, 5.41) is 0. The molecule has 1 aromatic heterocycles. The van der Waals surface area contributed by atoms with Crippen molar-refractivity contribution in [2.75, 3.05) is 0 Å². The quantitative estimate of drug-likeness (QED) is 0.711. The summed E-state index contributed by atoms with van der Waals surface area (Å²) in [6.45, 7) is 12.4. The number of nitrogens with zero attached hydrogens (tertiary/aromatic N) is 1. The smallest absolute Gasteiger partial charge is 0.309 e. The Morgan fingerprint density at radius 3 is 2.00 bits per heavy atom. The summed E-state index contributed by atoms with van der Waals surface area (Å²) in [7, 11) is 0. The Bertz CT molecular complexity index is 370. The molecule has 1 heterocycles. The van der Waals surface area contributed by atoms with Gasteiger partial charge in [0.25, 0.3) is 0 Å². The van der Waals surface area contributed by atoms with Crippen LogP contribution in [0.2, 0.25) is 0 Å². The Morgan fingerprint density at radius 1 is 1.07 bits per heavy atom. The van der Waals surface area contributed by atoms with Crippen LogP contribution in [0.15, 0.2) is 10.9 Å². The zero-order valence-corrected chi connectivity index (χ0v) is 10.4. The van der Waals surface area contributed by atoms with Crippen molar-refractivity contribution in [3.05, 3.63) is 27.9 Å². The lowest BCUT2D eigenvalue weighted by Crippen LogP contribution is -2.26. The second-order valence-electron chi connectivity index (χ2n) is 5.99. The average Bonchev–Trinajstić information content (AvgIpc) is 1.99. The topological polar surface area (TPSA) is 45.8 Å². The average molecular weight is 208 g/mol. The van der Waals surface area contributed by atoms with Gasteiger partial charge >= 0.3 is 5.69 Å². The number of hydrogen-bond acceptors (Lipinski definition) is 2. The summed E-state index contributed by atoms with van der Waals surface area (Å²) >= 11 is 0. The van der Waals surface area contributed by atoms with Crippen LogP contribution in [0.5, 0.6) is 0 Å². The van der Waals surface area contributed by atoms with E-state index in [1.54, 1.807) is 0 Å². The van der Waals surface area contributed by atoms with Gasteiger partial charge in [-0.1, -0.05) is 41.5 Å². The van der Waals surface area contributed by atoms with E-state index in [0.717, 1.165) is 11.4 Å². The summed E-state index contributed by atoms with van der Waals surface area (Å²) in [5.41, 5.74) is 1.38. The molecule has 0 saturated carbocycles. The van der Waals surface area contributed by atoms with Crippen LogP contribution in [0, 0.1) is 0 Å². The van der Waals surface area contributed by atoms with E-state index in [2.05, 4.69) is 51.5 Å². The minimum atomic E-state index is -0.257. The van der Waals surface area contributed by atoms with E-state index < -0.39 is 0 Å². The molecule has 1 rings (SSSR count). The van der Waals surface area contributed by atoms with Crippen LogP contribution in [0.3, 0.4) is 0 Å². The minimum absolute atomic E-state index is 0.0535. The third kappa shape index (κ3) is 2.91. The number of nitrogens with one attached hydrogen (secondary N) is 1. The third-order valence-electron chi connectivity index (χ3n) is 2.32. The summed E-state index contributed by atoms with van der Waals surface area (Å²) in [6.07, 6.45) is 0. The molecule has 0 aliphatic heterocycles. The van der Waals surface area contributed by atoms with Crippen molar-refractivity contribution in [2.24, 2.45) is 0 Å². The summed E-state index contributed by atoms with van der Waals surface area (Å²) in [6, 6.07) is 1.99. The number of hydrogen-bond donors (Lipinski definition) is 1. The van der Waals surface area contributed by atoms with E-state index >= 15 is 0 Å². The molecule has 3 heteroatoms. The molecule has 15 heavy (non-hydrogen) atoms. The first-order valence-corrected chi connectivity index (χ1v) is 5.23. The molecule has 1 aromatic rings. The van der Waals surface area contributed by atoms with Gasteiger partial charge in [-0.2, -0.15) is 4.98 Å². The Hall–Kier alpha value is -1.12. The predicted octanol–water partition coefficient (Wildman–Crippen LogP) is 2.36. The number of rotatable bonds is 0. The second kappa shape index (κ2) is 3.47. The fraction of sp³-hybridized carbons (Fsp3) is 0.667. The SMILES string of the molecule is CC(C)(C)c1cc(C(C)(C)C)[nH]c(=O)n1. The molecular formula is C12H20N2O. The standard InChI is InChI=1S/C12H20N2O/c1-11(2,3)8-7-9(12(4,5)6)14-10(15)13-8/h7H,1-6H3,(H,13,14,15). The highest BCUT2D eigenvalue weighted by Gasteiger charge is 2.21. The monoisotopic (exact) mass is 208 g/mol. The molecular weight excluding hydrogens is 188 g/mol. The van der Waals surface area contributed by atoms with Crippen LogP contribution in [0.4, 0.5) is 0 Å². The van der Waals surface area contributed by atoms with E-state index in [-0.39, 0.29) is 16.5 Å². The van der Waals surface area contributed by atoms with Crippen molar-refractivity contribution in [1.82, 2.24) is 9.97 Å². The lowest BCUT2D eigenvalue weighted by molar-refractivity contribution is 0.532. The molecule has 0 aliphatic rings. The summed E-state index contributed by atoms with van der Waals surface area (Å²) in [4.78, 5) is 18.2. The number of H-pyrrole nitrogens is 1. The maximum Gasteiger partial charge on any atom is 0.345 e. The first-order valence-electron chi connectivity index (χ1n) is 5.23. The first-order chi connectivity index (χ1) is 6.60. The van der Waals surface area contributed by atoms with Gasteiger partial charge in [0.1, 0.15) is 0 Å². The molecule has 0 atom stereocenters. The molecule has 0 radical (unpaired) electrons. The summed E-state index contributed by atoms with van der Waals surface area (Å²) < 4.78 is 0. The fourth-order valence-corrected chi connectivity index (χ4v) is 1.25. The van der Waals surface area contributed by atoms with E-state index in [1.807, 2.05) is 6.07 Å². The fourth-order valence-electron chi connectivity index (χ4n) is 1.25. The Labute approximate surface area is 91.0 Å². The van der Waals surface area contributed by atoms with Crippen molar-refractivity contribution in [3.8, 4) is 0 Å². The van der Waals surface area contributed by atoms with Gasteiger partial charge in [0.05, 0.1) is 5.69 Å². The van der Waals surface area contributed by atoms with Gasteiger partial charge < -0.3 is 4.98 Å². The van der Waals surface area contributed by atoms with Gasteiger partial charge in [0.15, 0.2) is 0 Å². The van der Waals surface area contributed by atoms with Crippen LogP contribution in [0.25, 0.3) is 0 Å². The largest absolute Gasteiger partial charge is 0.345 e. The van der Waals surface area contributed by atoms with E-state index in [1.165, 1.54) is 0 Å². The van der Waals surface area contributed by atoms with Crippen LogP contribution >= 0.6 is 0 Å². The predicted molar refractivity (Wildman–Crippen MR) is 62.3 cm³/mol. The van der Waals surface area contributed by atoms with Crippen LogP contribution in [0.1, 0.15) is 52.9 Å². The van der Waals surface area contributed by atoms with Gasteiger partial charge in [0, 0.05) is 16.5 Å². The molecule has 1 N–H and O–H groups in total. The zero-order valence-electron chi connectivity index (χ0n) is 10.4. The highest BCUT2D eigenvalue weighted by molar-refractivity contribution is 5.20. The summed E-state index contributed by atoms with van der Waals surface area (Å²) in [5.74, 6) is 0. The highest BCUT2D eigenvalue weighted by atomic mass is 16.1. The van der Waals surface area contributed by atoms with Gasteiger partial charge in [0.2, 0.25) is 0 Å². The molecule has 0 unspecified atom stereocenters. The molecule has 0 amide bonds. The third-order valence-corrected chi connectivity index (χ3v) is 2.32. The second-order valence-corrected chi connectivity index (χ2v) is 5.99. The minimum Gasteiger partial charge on any atom is -0.309 e. The van der Waals surface area contributed by atoms with Crippen molar-refractivity contribution < 1.29 is 0 Å². The molecule has 0 fully saturated rings. The number of aromatic nitrogens is 2. The molecule has 0 bridgehead atoms. The van der Waals surface area contributed by atoms with E-state index in [4.69, 9.17) is 0 Å². The van der Waals surface area contributed by atoms with E-state index in [9.17, 15) is 4.79 Å². The van der Waals surface area contributed by atoms with Crippen molar-refractivity contribution >= 4 is 0 Å². The van der Waals surface area contributed by atoms with Gasteiger partial charge in [-0.15, -0.1) is 0 Å². The van der Waals surface area contributed by atoms with Gasteiger partial charge in [-0.05, 0) is 6.07 Å². The van der Waals surface area contributed by atoms with Gasteiger partial charge in [-0.25, -0.2) is 4.79 Å². The normalized spacial score (nSPS) is 12.9. The van der Waals surface area contributed by atoms with Crippen molar-refractivity contribution in [2.45, 2.75) is 52.4 Å². The Morgan fingerprint density at radius 2 is 1.60 bits per heavy atom. The first kappa shape index (κ1) is 12.0. The lowest BCUT2D eigenvalue weighted by atomic mass is 9.87. The molecule has 0 saturated heterocycles. The molecule has 0 aliphatic carbocycles. The maximum atomic E-state index is 11.4. The zero-order chi connectivity index (χ0) is 11.9. The Balaban J connectivity index is 3.36. The molecule has 84 valence electrons. The number of aromatic amines is 1. The molecule has 3 nitrogen and oxygen atoms in total. The lowest BCUT2D eigenvalue weighted by Gasteiger charge is -2.22.